The van der Waals surface area contributed by atoms with Crippen molar-refractivity contribution in [1.82, 2.24) is 10.9 Å². The third kappa shape index (κ3) is 4.01. The van der Waals surface area contributed by atoms with Crippen molar-refractivity contribution in [2.45, 2.75) is 13.8 Å². The molecule has 0 aliphatic heterocycles. The Labute approximate surface area is 138 Å². The number of hydrogen-bond donors (Lipinski definition) is 2. The molecule has 0 aliphatic carbocycles. The molecular weight excluding hydrogens is 316 g/mol. The van der Waals surface area contributed by atoms with Gasteiger partial charge in [-0.1, -0.05) is 0 Å². The number of carbonyl (C=O) groups excluding carboxylic acids is 2. The van der Waals surface area contributed by atoms with E-state index in [1.807, 2.05) is 25.3 Å². The van der Waals surface area contributed by atoms with Crippen molar-refractivity contribution in [2.24, 2.45) is 0 Å². The second kappa shape index (κ2) is 7.64. The standard InChI is InChI=1S/C16H18N2O4S/c1-4-22-12-6-5-11(9-13(12)21-3)15(19)17-18-16(20)14-10(2)7-8-23-14/h5-9H,4H2,1-3H3,(H,17,19)(H,18,20). The SMILES string of the molecule is CCOc1ccc(C(=O)NNC(=O)c2sccc2C)cc1OC. The van der Waals surface area contributed by atoms with Crippen molar-refractivity contribution in [3.63, 3.8) is 0 Å². The lowest BCUT2D eigenvalue weighted by Crippen LogP contribution is -2.41. The number of methoxy groups -OCH3 is 1. The zero-order chi connectivity index (χ0) is 16.8. The van der Waals surface area contributed by atoms with E-state index in [2.05, 4.69) is 10.9 Å². The molecule has 0 unspecified atom stereocenters. The topological polar surface area (TPSA) is 76.7 Å². The molecular formula is C16H18N2O4S. The molecule has 0 bridgehead atoms. The Hall–Kier alpha value is -2.54. The lowest BCUT2D eigenvalue weighted by Gasteiger charge is -2.11. The number of ether oxygens (including phenoxy) is 2. The second-order valence-electron chi connectivity index (χ2n) is 4.64. The number of hydrazine groups is 1. The molecule has 2 rings (SSSR count). The number of amides is 2. The van der Waals surface area contributed by atoms with Crippen molar-refractivity contribution >= 4 is 23.2 Å². The summed E-state index contributed by atoms with van der Waals surface area (Å²) in [4.78, 5) is 24.7. The number of benzene rings is 1. The van der Waals surface area contributed by atoms with Gasteiger partial charge in [-0.15, -0.1) is 11.3 Å². The lowest BCUT2D eigenvalue weighted by atomic mass is 10.2. The van der Waals surface area contributed by atoms with Gasteiger partial charge >= 0.3 is 0 Å². The van der Waals surface area contributed by atoms with E-state index in [-0.39, 0.29) is 5.91 Å². The van der Waals surface area contributed by atoms with E-state index >= 15 is 0 Å². The van der Waals surface area contributed by atoms with Gasteiger partial charge < -0.3 is 9.47 Å². The highest BCUT2D eigenvalue weighted by Gasteiger charge is 2.14. The largest absolute Gasteiger partial charge is 0.493 e. The van der Waals surface area contributed by atoms with E-state index in [9.17, 15) is 9.59 Å². The minimum atomic E-state index is -0.436. The zero-order valence-electron chi connectivity index (χ0n) is 13.1. The summed E-state index contributed by atoms with van der Waals surface area (Å²) in [7, 11) is 1.50. The molecule has 1 heterocycles. The summed E-state index contributed by atoms with van der Waals surface area (Å²) in [5, 5.41) is 1.82. The van der Waals surface area contributed by atoms with Gasteiger partial charge in [0, 0.05) is 5.56 Å². The molecule has 0 atom stereocenters. The van der Waals surface area contributed by atoms with Gasteiger partial charge in [-0.3, -0.25) is 20.4 Å². The van der Waals surface area contributed by atoms with Crippen LogP contribution < -0.4 is 20.3 Å². The fourth-order valence-corrected chi connectivity index (χ4v) is 2.75. The molecule has 1 aromatic carbocycles. The van der Waals surface area contributed by atoms with Crippen molar-refractivity contribution in [3.05, 3.63) is 45.6 Å². The maximum atomic E-state index is 12.1. The van der Waals surface area contributed by atoms with Crippen LogP contribution in [-0.2, 0) is 0 Å². The highest BCUT2D eigenvalue weighted by Crippen LogP contribution is 2.27. The predicted octanol–water partition coefficient (Wildman–Crippen LogP) is 2.54. The average molecular weight is 334 g/mol. The van der Waals surface area contributed by atoms with Crippen LogP contribution in [0, 0.1) is 6.92 Å². The minimum Gasteiger partial charge on any atom is -0.493 e. The van der Waals surface area contributed by atoms with Crippen LogP contribution in [0.25, 0.3) is 0 Å². The second-order valence-corrected chi connectivity index (χ2v) is 5.56. The monoisotopic (exact) mass is 334 g/mol. The van der Waals surface area contributed by atoms with Crippen LogP contribution in [0.1, 0.15) is 32.5 Å². The fraction of sp³-hybridized carbons (Fsp3) is 0.250. The maximum absolute atomic E-state index is 12.1. The Morgan fingerprint density at radius 2 is 1.87 bits per heavy atom. The van der Waals surface area contributed by atoms with E-state index in [1.165, 1.54) is 18.4 Å². The van der Waals surface area contributed by atoms with Crippen molar-refractivity contribution < 1.29 is 19.1 Å². The normalized spacial score (nSPS) is 10.0. The highest BCUT2D eigenvalue weighted by atomic mass is 32.1. The molecule has 2 N–H and O–H groups in total. The first-order valence-electron chi connectivity index (χ1n) is 7.02. The molecule has 0 spiro atoms. The minimum absolute atomic E-state index is 0.344. The molecule has 0 aliphatic rings. The molecule has 6 nitrogen and oxygen atoms in total. The van der Waals surface area contributed by atoms with Crippen molar-refractivity contribution in [3.8, 4) is 11.5 Å². The van der Waals surface area contributed by atoms with Crippen LogP contribution in [0.3, 0.4) is 0 Å². The molecule has 122 valence electrons. The molecule has 0 saturated carbocycles. The Morgan fingerprint density at radius 1 is 1.13 bits per heavy atom. The van der Waals surface area contributed by atoms with Gasteiger partial charge in [-0.25, -0.2) is 0 Å². The Morgan fingerprint density at radius 3 is 2.48 bits per heavy atom. The number of hydrogen-bond acceptors (Lipinski definition) is 5. The summed E-state index contributed by atoms with van der Waals surface area (Å²) in [6.07, 6.45) is 0. The first kappa shape index (κ1) is 16.8. The number of rotatable bonds is 5. The quantitative estimate of drug-likeness (QED) is 0.824. The van der Waals surface area contributed by atoms with Crippen LogP contribution in [0.2, 0.25) is 0 Å². The van der Waals surface area contributed by atoms with E-state index in [0.29, 0.717) is 28.5 Å². The van der Waals surface area contributed by atoms with E-state index in [1.54, 1.807) is 18.2 Å². The number of aryl methyl sites for hydroxylation is 1. The number of nitrogens with one attached hydrogen (secondary N) is 2. The smallest absolute Gasteiger partial charge is 0.280 e. The van der Waals surface area contributed by atoms with E-state index in [4.69, 9.17) is 9.47 Å². The van der Waals surface area contributed by atoms with Crippen molar-refractivity contribution in [2.75, 3.05) is 13.7 Å². The number of thiophene rings is 1. The van der Waals surface area contributed by atoms with Crippen LogP contribution in [0.5, 0.6) is 11.5 Å². The molecule has 2 amide bonds. The van der Waals surface area contributed by atoms with Gasteiger partial charge in [0.05, 0.1) is 18.6 Å². The summed E-state index contributed by atoms with van der Waals surface area (Å²) >= 11 is 1.32. The maximum Gasteiger partial charge on any atom is 0.280 e. The predicted molar refractivity (Wildman–Crippen MR) is 88.2 cm³/mol. The zero-order valence-corrected chi connectivity index (χ0v) is 14.0. The molecule has 2 aromatic rings. The van der Waals surface area contributed by atoms with Gasteiger partial charge in [0.15, 0.2) is 11.5 Å². The Bertz CT molecular complexity index is 712. The van der Waals surface area contributed by atoms with Crippen LogP contribution in [0.15, 0.2) is 29.6 Å². The lowest BCUT2D eigenvalue weighted by molar-refractivity contribution is 0.0848. The van der Waals surface area contributed by atoms with Gasteiger partial charge in [0.2, 0.25) is 0 Å². The average Bonchev–Trinajstić information content (AvgIpc) is 2.99. The summed E-state index contributed by atoms with van der Waals surface area (Å²) in [6, 6.07) is 6.66. The molecule has 0 saturated heterocycles. The van der Waals surface area contributed by atoms with Gasteiger partial charge in [0.1, 0.15) is 0 Å². The van der Waals surface area contributed by atoms with Crippen LogP contribution in [-0.4, -0.2) is 25.5 Å². The molecule has 0 fully saturated rings. The third-order valence-electron chi connectivity index (χ3n) is 3.08. The summed E-state index contributed by atoms with van der Waals surface area (Å²) < 4.78 is 10.6. The molecule has 23 heavy (non-hydrogen) atoms. The fourth-order valence-electron chi connectivity index (χ4n) is 1.93. The van der Waals surface area contributed by atoms with E-state index < -0.39 is 5.91 Å². The first-order valence-corrected chi connectivity index (χ1v) is 7.90. The number of carbonyl (C=O) groups is 2. The highest BCUT2D eigenvalue weighted by molar-refractivity contribution is 7.12. The Kier molecular flexibility index (Phi) is 5.59. The van der Waals surface area contributed by atoms with E-state index in [0.717, 1.165) is 5.56 Å². The molecule has 0 radical (unpaired) electrons. The summed E-state index contributed by atoms with van der Waals surface area (Å²) in [5.41, 5.74) is 6.01. The van der Waals surface area contributed by atoms with Gasteiger partial charge in [-0.05, 0) is 49.1 Å². The van der Waals surface area contributed by atoms with Gasteiger partial charge in [0.25, 0.3) is 11.8 Å². The van der Waals surface area contributed by atoms with Crippen LogP contribution >= 0.6 is 11.3 Å². The Balaban J connectivity index is 2.03. The summed E-state index contributed by atoms with van der Waals surface area (Å²) in [5.74, 6) is 0.238. The van der Waals surface area contributed by atoms with Crippen molar-refractivity contribution in [1.29, 1.82) is 0 Å². The van der Waals surface area contributed by atoms with Gasteiger partial charge in [-0.2, -0.15) is 0 Å². The molecule has 1 aromatic heterocycles. The molecule has 7 heteroatoms. The third-order valence-corrected chi connectivity index (χ3v) is 4.10. The first-order chi connectivity index (χ1) is 11.1. The summed E-state index contributed by atoms with van der Waals surface area (Å²) in [6.45, 7) is 4.20. The van der Waals surface area contributed by atoms with Crippen LogP contribution in [0.4, 0.5) is 0 Å².